The first-order chi connectivity index (χ1) is 7.74. The molecule has 0 saturated heterocycles. The summed E-state index contributed by atoms with van der Waals surface area (Å²) >= 11 is 1.59. The zero-order chi connectivity index (χ0) is 13.2. The van der Waals surface area contributed by atoms with Gasteiger partial charge in [-0.05, 0) is 32.5 Å². The van der Waals surface area contributed by atoms with Gasteiger partial charge in [0.1, 0.15) is 6.61 Å². The highest BCUT2D eigenvalue weighted by atomic mass is 127. The first kappa shape index (κ1) is 13.9. The van der Waals surface area contributed by atoms with Crippen molar-refractivity contribution in [2.45, 2.75) is 13.0 Å². The van der Waals surface area contributed by atoms with E-state index in [4.69, 9.17) is 5.11 Å². The van der Waals surface area contributed by atoms with E-state index >= 15 is 0 Å². The van der Waals surface area contributed by atoms with Gasteiger partial charge in [0.15, 0.2) is 5.69 Å². The SMILES string of the molecule is O=[N+]([O-])c1nc(CO)c(I)cc1OC(F)(F)F. The summed E-state index contributed by atoms with van der Waals surface area (Å²) in [5, 5.41) is 19.3. The lowest BCUT2D eigenvalue weighted by molar-refractivity contribution is -0.393. The third-order valence-corrected chi connectivity index (χ3v) is 2.48. The third kappa shape index (κ3) is 3.66. The smallest absolute Gasteiger partial charge is 0.397 e. The van der Waals surface area contributed by atoms with Gasteiger partial charge >= 0.3 is 12.2 Å². The number of ether oxygens (including phenoxy) is 1. The number of pyridine rings is 1. The summed E-state index contributed by atoms with van der Waals surface area (Å²) in [5.74, 6) is -2.10. The summed E-state index contributed by atoms with van der Waals surface area (Å²) in [6, 6.07) is 0.796. The highest BCUT2D eigenvalue weighted by molar-refractivity contribution is 14.1. The Morgan fingerprint density at radius 3 is 2.59 bits per heavy atom. The fraction of sp³-hybridized carbons (Fsp3) is 0.286. The highest BCUT2D eigenvalue weighted by Crippen LogP contribution is 2.32. The lowest BCUT2D eigenvalue weighted by Crippen LogP contribution is -2.18. The Labute approximate surface area is 106 Å². The molecule has 0 bridgehead atoms. The van der Waals surface area contributed by atoms with Crippen molar-refractivity contribution in [1.82, 2.24) is 4.98 Å². The minimum absolute atomic E-state index is 0.0909. The Balaban J connectivity index is 3.28. The van der Waals surface area contributed by atoms with E-state index in [-0.39, 0.29) is 9.26 Å². The molecule has 1 rings (SSSR count). The van der Waals surface area contributed by atoms with Gasteiger partial charge in [0.05, 0.1) is 3.57 Å². The topological polar surface area (TPSA) is 85.5 Å². The Kier molecular flexibility index (Phi) is 4.08. The van der Waals surface area contributed by atoms with E-state index in [0.717, 1.165) is 6.07 Å². The second-order valence-corrected chi connectivity index (χ2v) is 3.86. The first-order valence-electron chi connectivity index (χ1n) is 3.95. The summed E-state index contributed by atoms with van der Waals surface area (Å²) < 4.78 is 39.5. The van der Waals surface area contributed by atoms with Crippen LogP contribution >= 0.6 is 22.6 Å². The number of aliphatic hydroxyl groups excluding tert-OH is 1. The maximum atomic E-state index is 12.0. The zero-order valence-corrected chi connectivity index (χ0v) is 10.0. The number of alkyl halides is 3. The normalized spacial score (nSPS) is 11.4. The van der Waals surface area contributed by atoms with Gasteiger partial charge in [-0.3, -0.25) is 0 Å². The Bertz CT molecular complexity index is 451. The van der Waals surface area contributed by atoms with Gasteiger partial charge in [-0.2, -0.15) is 0 Å². The fourth-order valence-electron chi connectivity index (χ4n) is 0.941. The van der Waals surface area contributed by atoms with Gasteiger partial charge in [-0.1, -0.05) is 0 Å². The molecule has 0 saturated carbocycles. The van der Waals surface area contributed by atoms with Crippen LogP contribution in [0.2, 0.25) is 0 Å². The minimum Gasteiger partial charge on any atom is -0.397 e. The first-order valence-corrected chi connectivity index (χ1v) is 5.03. The second-order valence-electron chi connectivity index (χ2n) is 2.70. The molecular formula is C7H4F3IN2O4. The van der Waals surface area contributed by atoms with Crippen LogP contribution in [0.1, 0.15) is 5.69 Å². The number of aromatic nitrogens is 1. The molecule has 94 valence electrons. The van der Waals surface area contributed by atoms with Gasteiger partial charge in [0.2, 0.25) is 5.75 Å². The molecule has 1 N–H and O–H groups in total. The third-order valence-electron chi connectivity index (χ3n) is 1.54. The number of nitrogens with zero attached hydrogens (tertiary/aromatic N) is 2. The van der Waals surface area contributed by atoms with Crippen molar-refractivity contribution < 1.29 is 27.9 Å². The minimum atomic E-state index is -5.05. The van der Waals surface area contributed by atoms with Crippen LogP contribution in [0, 0.1) is 13.7 Å². The van der Waals surface area contributed by atoms with Crippen LogP contribution in [0.3, 0.4) is 0 Å². The molecule has 0 aromatic carbocycles. The van der Waals surface area contributed by atoms with Crippen LogP contribution in [-0.2, 0) is 6.61 Å². The van der Waals surface area contributed by atoms with E-state index in [1.54, 1.807) is 22.6 Å². The van der Waals surface area contributed by atoms with Gasteiger partial charge in [-0.25, -0.2) is 0 Å². The molecule has 0 aliphatic carbocycles. The molecule has 0 unspecified atom stereocenters. The predicted octanol–water partition coefficient (Wildman–Crippen LogP) is 1.99. The number of nitro groups is 1. The van der Waals surface area contributed by atoms with Crippen LogP contribution < -0.4 is 4.74 Å². The van der Waals surface area contributed by atoms with E-state index in [2.05, 4.69) is 9.72 Å². The standard InChI is InChI=1S/C7H4F3IN2O4/c8-7(9,10)17-5-1-3(11)4(2-14)12-6(5)13(15)16/h1,14H,2H2. The lowest BCUT2D eigenvalue weighted by Gasteiger charge is -2.09. The van der Waals surface area contributed by atoms with Crippen LogP contribution in [-0.4, -0.2) is 21.4 Å². The van der Waals surface area contributed by atoms with Crippen molar-refractivity contribution in [3.63, 3.8) is 0 Å². The molecule has 0 radical (unpaired) electrons. The van der Waals surface area contributed by atoms with Gasteiger partial charge in [0.25, 0.3) is 0 Å². The number of hydrogen-bond donors (Lipinski definition) is 1. The number of aliphatic hydroxyl groups is 1. The maximum Gasteiger partial charge on any atom is 0.573 e. The molecular weight excluding hydrogens is 360 g/mol. The molecule has 6 nitrogen and oxygen atoms in total. The molecule has 0 fully saturated rings. The van der Waals surface area contributed by atoms with Crippen LogP contribution in [0.15, 0.2) is 6.07 Å². The van der Waals surface area contributed by atoms with Crippen molar-refractivity contribution in [1.29, 1.82) is 0 Å². The van der Waals surface area contributed by atoms with Gasteiger partial charge in [0, 0.05) is 6.07 Å². The van der Waals surface area contributed by atoms with Crippen molar-refractivity contribution in [2.75, 3.05) is 0 Å². The number of rotatable bonds is 3. The molecule has 0 aliphatic heterocycles. The fourth-order valence-corrected chi connectivity index (χ4v) is 1.51. The lowest BCUT2D eigenvalue weighted by atomic mass is 10.3. The zero-order valence-electron chi connectivity index (χ0n) is 7.86. The molecule has 0 amide bonds. The summed E-state index contributed by atoms with van der Waals surface area (Å²) in [5.41, 5.74) is -0.0909. The van der Waals surface area contributed by atoms with E-state index in [0.29, 0.717) is 0 Å². The van der Waals surface area contributed by atoms with Crippen molar-refractivity contribution in [3.8, 4) is 5.75 Å². The Hall–Kier alpha value is -1.17. The molecule has 10 heteroatoms. The molecule has 17 heavy (non-hydrogen) atoms. The van der Waals surface area contributed by atoms with E-state index in [9.17, 15) is 23.3 Å². The molecule has 1 aromatic rings. The van der Waals surface area contributed by atoms with Crippen LogP contribution in [0.25, 0.3) is 0 Å². The van der Waals surface area contributed by atoms with Gasteiger partial charge in [-0.15, -0.1) is 13.2 Å². The number of halogens is 4. The van der Waals surface area contributed by atoms with Crippen LogP contribution in [0.5, 0.6) is 5.75 Å². The average molecular weight is 364 g/mol. The molecule has 1 aromatic heterocycles. The molecule has 0 aliphatic rings. The predicted molar refractivity (Wildman–Crippen MR) is 56.2 cm³/mol. The number of hydrogen-bond acceptors (Lipinski definition) is 5. The van der Waals surface area contributed by atoms with E-state index < -0.39 is 29.5 Å². The quantitative estimate of drug-likeness (QED) is 0.504. The van der Waals surface area contributed by atoms with Crippen molar-refractivity contribution in [3.05, 3.63) is 25.4 Å². The largest absolute Gasteiger partial charge is 0.573 e. The van der Waals surface area contributed by atoms with Crippen molar-refractivity contribution in [2.24, 2.45) is 0 Å². The second kappa shape index (κ2) is 5.00. The van der Waals surface area contributed by atoms with Crippen molar-refractivity contribution >= 4 is 28.4 Å². The van der Waals surface area contributed by atoms with E-state index in [1.165, 1.54) is 0 Å². The molecule has 0 spiro atoms. The monoisotopic (exact) mass is 364 g/mol. The van der Waals surface area contributed by atoms with E-state index in [1.807, 2.05) is 0 Å². The Morgan fingerprint density at radius 1 is 1.59 bits per heavy atom. The van der Waals surface area contributed by atoms with Gasteiger partial charge < -0.3 is 20.0 Å². The average Bonchev–Trinajstić information content (AvgIpc) is 2.14. The summed E-state index contributed by atoms with van der Waals surface area (Å²) in [6.45, 7) is -0.620. The summed E-state index contributed by atoms with van der Waals surface area (Å²) in [4.78, 5) is 12.7. The molecule has 1 heterocycles. The maximum absolute atomic E-state index is 12.0. The Morgan fingerprint density at radius 2 is 2.18 bits per heavy atom. The molecule has 0 atom stereocenters. The highest BCUT2D eigenvalue weighted by Gasteiger charge is 2.35. The summed E-state index contributed by atoms with van der Waals surface area (Å²) in [7, 11) is 0. The van der Waals surface area contributed by atoms with Crippen LogP contribution in [0.4, 0.5) is 19.0 Å². The summed E-state index contributed by atoms with van der Waals surface area (Å²) in [6.07, 6.45) is -5.05.